The van der Waals surface area contributed by atoms with Gasteiger partial charge in [0.25, 0.3) is 5.91 Å². The standard InChI is InChI=1S/C17H15N5O/c1-11-3-2-4-13(9-11)21-17(23)15-14(10-20-22-16(15)18)12-5-7-19-8-6-12/h2-10H,1H3,(H2,18,22)(H,21,23). The molecule has 2 aromatic heterocycles. The zero-order valence-electron chi connectivity index (χ0n) is 12.5. The normalized spacial score (nSPS) is 10.3. The van der Waals surface area contributed by atoms with E-state index in [-0.39, 0.29) is 11.7 Å². The number of pyridine rings is 1. The predicted molar refractivity (Wildman–Crippen MR) is 88.8 cm³/mol. The fourth-order valence-electron chi connectivity index (χ4n) is 2.31. The molecule has 114 valence electrons. The van der Waals surface area contributed by atoms with Crippen LogP contribution in [0, 0.1) is 6.92 Å². The number of nitrogens with zero attached hydrogens (tertiary/aromatic N) is 3. The molecule has 0 saturated heterocycles. The van der Waals surface area contributed by atoms with Crippen molar-refractivity contribution >= 4 is 17.4 Å². The average Bonchev–Trinajstić information content (AvgIpc) is 2.55. The first kappa shape index (κ1) is 14.6. The molecule has 3 N–H and O–H groups in total. The Kier molecular flexibility index (Phi) is 3.97. The van der Waals surface area contributed by atoms with Crippen molar-refractivity contribution < 1.29 is 4.79 Å². The van der Waals surface area contributed by atoms with Crippen LogP contribution in [-0.4, -0.2) is 21.1 Å². The van der Waals surface area contributed by atoms with Gasteiger partial charge < -0.3 is 11.1 Å². The Morgan fingerprint density at radius 1 is 1.17 bits per heavy atom. The summed E-state index contributed by atoms with van der Waals surface area (Å²) in [6.45, 7) is 1.96. The summed E-state index contributed by atoms with van der Waals surface area (Å²) < 4.78 is 0. The van der Waals surface area contributed by atoms with Gasteiger partial charge in [-0.25, -0.2) is 0 Å². The summed E-state index contributed by atoms with van der Waals surface area (Å²) in [6, 6.07) is 11.1. The molecule has 1 aromatic carbocycles. The van der Waals surface area contributed by atoms with Crippen molar-refractivity contribution in [3.05, 3.63) is 66.1 Å². The maximum absolute atomic E-state index is 12.7. The van der Waals surface area contributed by atoms with Crippen LogP contribution in [0.3, 0.4) is 0 Å². The highest BCUT2D eigenvalue weighted by Crippen LogP contribution is 2.26. The van der Waals surface area contributed by atoms with Gasteiger partial charge in [-0.2, -0.15) is 5.10 Å². The SMILES string of the molecule is Cc1cccc(NC(=O)c2c(-c3ccncc3)cnnc2N)c1. The third-order valence-corrected chi connectivity index (χ3v) is 3.37. The fourth-order valence-corrected chi connectivity index (χ4v) is 2.31. The van der Waals surface area contributed by atoms with E-state index in [0.29, 0.717) is 16.8 Å². The largest absolute Gasteiger partial charge is 0.382 e. The minimum absolute atomic E-state index is 0.0875. The first-order valence-electron chi connectivity index (χ1n) is 7.05. The number of nitrogen functional groups attached to an aromatic ring is 1. The van der Waals surface area contributed by atoms with Gasteiger partial charge in [0.1, 0.15) is 0 Å². The van der Waals surface area contributed by atoms with Crippen LogP contribution in [0.15, 0.2) is 55.0 Å². The zero-order valence-corrected chi connectivity index (χ0v) is 12.5. The summed E-state index contributed by atoms with van der Waals surface area (Å²) in [5, 5.41) is 10.5. The van der Waals surface area contributed by atoms with Gasteiger partial charge in [-0.3, -0.25) is 9.78 Å². The van der Waals surface area contributed by atoms with Gasteiger partial charge in [0.05, 0.1) is 11.8 Å². The van der Waals surface area contributed by atoms with E-state index in [2.05, 4.69) is 20.5 Å². The first-order chi connectivity index (χ1) is 11.1. The number of aromatic nitrogens is 3. The number of aryl methyl sites for hydroxylation is 1. The monoisotopic (exact) mass is 305 g/mol. The lowest BCUT2D eigenvalue weighted by molar-refractivity contribution is 0.102. The minimum Gasteiger partial charge on any atom is -0.382 e. The number of hydrogen-bond donors (Lipinski definition) is 2. The molecule has 0 unspecified atom stereocenters. The Hall–Kier alpha value is -3.28. The van der Waals surface area contributed by atoms with E-state index < -0.39 is 0 Å². The van der Waals surface area contributed by atoms with Crippen LogP contribution in [-0.2, 0) is 0 Å². The molecule has 6 heteroatoms. The second-order valence-corrected chi connectivity index (χ2v) is 5.08. The summed E-state index contributed by atoms with van der Waals surface area (Å²) in [4.78, 5) is 16.6. The summed E-state index contributed by atoms with van der Waals surface area (Å²) in [6.07, 6.45) is 4.82. The fraction of sp³-hybridized carbons (Fsp3) is 0.0588. The van der Waals surface area contributed by atoms with Gasteiger partial charge in [0.15, 0.2) is 5.82 Å². The predicted octanol–water partition coefficient (Wildman–Crippen LogP) is 2.68. The second kappa shape index (κ2) is 6.23. The molecular formula is C17H15N5O. The average molecular weight is 305 g/mol. The van der Waals surface area contributed by atoms with E-state index in [1.165, 1.54) is 6.20 Å². The molecule has 0 aliphatic rings. The Balaban J connectivity index is 2.00. The molecule has 3 rings (SSSR count). The maximum Gasteiger partial charge on any atom is 0.260 e. The van der Waals surface area contributed by atoms with Crippen molar-refractivity contribution in [2.45, 2.75) is 6.92 Å². The lowest BCUT2D eigenvalue weighted by atomic mass is 10.0. The van der Waals surface area contributed by atoms with E-state index >= 15 is 0 Å². The van der Waals surface area contributed by atoms with Gasteiger partial charge in [-0.05, 0) is 42.3 Å². The molecular weight excluding hydrogens is 290 g/mol. The van der Waals surface area contributed by atoms with Gasteiger partial charge in [0, 0.05) is 23.6 Å². The smallest absolute Gasteiger partial charge is 0.260 e. The molecule has 0 spiro atoms. The van der Waals surface area contributed by atoms with Crippen molar-refractivity contribution in [2.75, 3.05) is 11.1 Å². The zero-order chi connectivity index (χ0) is 16.2. The molecule has 0 aliphatic heterocycles. The van der Waals surface area contributed by atoms with Crippen LogP contribution in [0.25, 0.3) is 11.1 Å². The highest BCUT2D eigenvalue weighted by atomic mass is 16.1. The number of carbonyl (C=O) groups is 1. The number of anilines is 2. The van der Waals surface area contributed by atoms with Crippen LogP contribution in [0.1, 0.15) is 15.9 Å². The van der Waals surface area contributed by atoms with Crippen molar-refractivity contribution in [2.24, 2.45) is 0 Å². The van der Waals surface area contributed by atoms with Gasteiger partial charge >= 0.3 is 0 Å². The summed E-state index contributed by atoms with van der Waals surface area (Å²) in [5.41, 5.74) is 9.36. The van der Waals surface area contributed by atoms with Crippen LogP contribution in [0.2, 0.25) is 0 Å². The van der Waals surface area contributed by atoms with E-state index in [1.807, 2.05) is 31.2 Å². The van der Waals surface area contributed by atoms with Crippen LogP contribution in [0.4, 0.5) is 11.5 Å². The molecule has 23 heavy (non-hydrogen) atoms. The van der Waals surface area contributed by atoms with E-state index in [9.17, 15) is 4.79 Å². The summed E-state index contributed by atoms with van der Waals surface area (Å²) in [5.74, 6) is -0.237. The number of rotatable bonds is 3. The van der Waals surface area contributed by atoms with Gasteiger partial charge in [-0.1, -0.05) is 12.1 Å². The Bertz CT molecular complexity index is 849. The highest BCUT2D eigenvalue weighted by Gasteiger charge is 2.18. The number of amides is 1. The number of nitrogens with two attached hydrogens (primary N) is 1. The second-order valence-electron chi connectivity index (χ2n) is 5.08. The summed E-state index contributed by atoms with van der Waals surface area (Å²) in [7, 11) is 0. The topological polar surface area (TPSA) is 93.8 Å². The third kappa shape index (κ3) is 3.16. The molecule has 1 amide bonds. The maximum atomic E-state index is 12.7. The van der Waals surface area contributed by atoms with E-state index in [1.54, 1.807) is 24.5 Å². The Morgan fingerprint density at radius 2 is 1.96 bits per heavy atom. The van der Waals surface area contributed by atoms with Crippen molar-refractivity contribution in [3.8, 4) is 11.1 Å². The molecule has 0 fully saturated rings. The highest BCUT2D eigenvalue weighted by molar-refractivity contribution is 6.11. The molecule has 3 aromatic rings. The quantitative estimate of drug-likeness (QED) is 0.776. The van der Waals surface area contributed by atoms with Crippen molar-refractivity contribution in [1.29, 1.82) is 0 Å². The molecule has 0 aliphatic carbocycles. The summed E-state index contributed by atoms with van der Waals surface area (Å²) >= 11 is 0. The third-order valence-electron chi connectivity index (χ3n) is 3.37. The molecule has 0 bridgehead atoms. The number of hydrogen-bond acceptors (Lipinski definition) is 5. The Labute approximate surface area is 133 Å². The molecule has 0 atom stereocenters. The van der Waals surface area contributed by atoms with Gasteiger partial charge in [0.2, 0.25) is 0 Å². The molecule has 0 saturated carbocycles. The van der Waals surface area contributed by atoms with Crippen LogP contribution >= 0.6 is 0 Å². The van der Waals surface area contributed by atoms with Crippen LogP contribution in [0.5, 0.6) is 0 Å². The number of nitrogens with one attached hydrogen (secondary N) is 1. The van der Waals surface area contributed by atoms with Crippen molar-refractivity contribution in [1.82, 2.24) is 15.2 Å². The van der Waals surface area contributed by atoms with Crippen LogP contribution < -0.4 is 11.1 Å². The Morgan fingerprint density at radius 3 is 2.70 bits per heavy atom. The van der Waals surface area contributed by atoms with Crippen molar-refractivity contribution in [3.63, 3.8) is 0 Å². The molecule has 6 nitrogen and oxygen atoms in total. The minimum atomic E-state index is -0.324. The lowest BCUT2D eigenvalue weighted by Gasteiger charge is -2.11. The van der Waals surface area contributed by atoms with E-state index in [4.69, 9.17) is 5.73 Å². The first-order valence-corrected chi connectivity index (χ1v) is 7.05. The lowest BCUT2D eigenvalue weighted by Crippen LogP contribution is -2.17. The number of benzene rings is 1. The van der Waals surface area contributed by atoms with Gasteiger partial charge in [-0.15, -0.1) is 5.10 Å². The number of carbonyl (C=O) groups excluding carboxylic acids is 1. The van der Waals surface area contributed by atoms with E-state index in [0.717, 1.165) is 11.1 Å². The molecule has 2 heterocycles. The molecule has 0 radical (unpaired) electrons.